The van der Waals surface area contributed by atoms with Crippen LogP contribution in [-0.2, 0) is 4.43 Å². The van der Waals surface area contributed by atoms with Crippen LogP contribution in [0.1, 0.15) is 13.3 Å². The minimum absolute atomic E-state index is 0.170. The van der Waals surface area contributed by atoms with Gasteiger partial charge in [-0.3, -0.25) is 0 Å². The van der Waals surface area contributed by atoms with Gasteiger partial charge in [-0.15, -0.1) is 18.3 Å². The fourth-order valence-electron chi connectivity index (χ4n) is 0.390. The van der Waals surface area contributed by atoms with E-state index in [4.69, 9.17) is 10.8 Å². The molecule has 1 atom stereocenters. The second-order valence-electron chi connectivity index (χ2n) is 1.41. The summed E-state index contributed by atoms with van der Waals surface area (Å²) in [7, 11) is 2.86. The van der Waals surface area contributed by atoms with Crippen LogP contribution < -0.4 is 0 Å². The molecule has 3 radical (unpaired) electrons. The molecule has 0 rings (SSSR count). The summed E-state index contributed by atoms with van der Waals surface area (Å²) in [6.45, 7) is 1.74. The van der Waals surface area contributed by atoms with E-state index < -0.39 is 0 Å². The number of rotatable bonds is 2. The van der Waals surface area contributed by atoms with Crippen LogP contribution in [-0.4, -0.2) is 16.6 Å². The van der Waals surface area contributed by atoms with Crippen LogP contribution in [0.4, 0.5) is 0 Å². The van der Waals surface area contributed by atoms with Gasteiger partial charge in [-0.25, -0.2) is 0 Å². The highest BCUT2D eigenvalue weighted by molar-refractivity contribution is 5.98. The molecule has 0 saturated heterocycles. The molecule has 0 amide bonds. The predicted octanol–water partition coefficient (Wildman–Crippen LogP) is 0.502. The lowest BCUT2D eigenvalue weighted by Gasteiger charge is -2.01. The number of terminal acetylenes is 1. The van der Waals surface area contributed by atoms with Crippen LogP contribution in [0.2, 0.25) is 0 Å². The van der Waals surface area contributed by atoms with E-state index in [1.165, 1.54) is 0 Å². The molecule has 0 aromatic carbocycles. The first kappa shape index (κ1) is 8.30. The highest BCUT2D eigenvalue weighted by atomic mass is 28.2. The van der Waals surface area contributed by atoms with Crippen LogP contribution in [0, 0.1) is 24.2 Å². The van der Waals surface area contributed by atoms with E-state index in [-0.39, 0.29) is 6.10 Å². The van der Waals surface area contributed by atoms with Crippen molar-refractivity contribution >= 4 is 10.5 Å². The van der Waals surface area contributed by atoms with Gasteiger partial charge in [0.2, 0.25) is 10.5 Å². The Kier molecular flexibility index (Phi) is 5.01. The topological polar surface area (TPSA) is 9.23 Å². The van der Waals surface area contributed by atoms with E-state index in [1.807, 2.05) is 0 Å². The zero-order valence-electron chi connectivity index (χ0n) is 5.27. The van der Waals surface area contributed by atoms with Gasteiger partial charge in [-0.2, -0.15) is 0 Å². The van der Waals surface area contributed by atoms with E-state index in [0.29, 0.717) is 6.42 Å². The van der Waals surface area contributed by atoms with E-state index in [9.17, 15) is 0 Å². The molecule has 0 aliphatic carbocycles. The van der Waals surface area contributed by atoms with Gasteiger partial charge in [0.1, 0.15) is 6.10 Å². The highest BCUT2D eigenvalue weighted by Crippen LogP contribution is 1.91. The van der Waals surface area contributed by atoms with Crippen molar-refractivity contribution < 1.29 is 4.43 Å². The molecule has 0 N–H and O–H groups in total. The minimum Gasteiger partial charge on any atom is -0.404 e. The smallest absolute Gasteiger partial charge is 0.248 e. The van der Waals surface area contributed by atoms with Gasteiger partial charge in [0, 0.05) is 6.42 Å². The van der Waals surface area contributed by atoms with Crippen LogP contribution >= 0.6 is 0 Å². The van der Waals surface area contributed by atoms with Crippen molar-refractivity contribution in [3.8, 4) is 24.2 Å². The van der Waals surface area contributed by atoms with Crippen LogP contribution in [0.5, 0.6) is 0 Å². The summed E-state index contributed by atoms with van der Waals surface area (Å²) in [5.74, 6) is 7.92. The van der Waals surface area contributed by atoms with Crippen LogP contribution in [0.25, 0.3) is 0 Å². The van der Waals surface area contributed by atoms with Gasteiger partial charge in [-0.05, 0) is 6.92 Å². The minimum atomic E-state index is -0.170. The second kappa shape index (κ2) is 5.43. The van der Waals surface area contributed by atoms with E-state index in [1.54, 1.807) is 6.92 Å². The van der Waals surface area contributed by atoms with Gasteiger partial charge < -0.3 is 4.43 Å². The molecule has 1 unspecified atom stereocenters. The Balaban J connectivity index is 3.67. The largest absolute Gasteiger partial charge is 0.404 e. The fourth-order valence-corrected chi connectivity index (χ4v) is 0.532. The normalized spacial score (nSPS) is 10.8. The monoisotopic (exact) mass is 135 g/mol. The predicted molar refractivity (Wildman–Crippen MR) is 37.5 cm³/mol. The maximum atomic E-state index is 5.02. The van der Waals surface area contributed by atoms with E-state index >= 15 is 0 Å². The summed E-state index contributed by atoms with van der Waals surface area (Å²) >= 11 is 0. The summed E-state index contributed by atoms with van der Waals surface area (Å²) < 4.78 is 4.72. The maximum Gasteiger partial charge on any atom is 0.248 e. The molecule has 0 aromatic rings. The van der Waals surface area contributed by atoms with Crippen molar-refractivity contribution in [1.29, 1.82) is 0 Å². The van der Waals surface area contributed by atoms with E-state index in [0.717, 1.165) is 0 Å². The first-order valence-electron chi connectivity index (χ1n) is 2.53. The van der Waals surface area contributed by atoms with Gasteiger partial charge in [0.15, 0.2) is 0 Å². The molecule has 9 heavy (non-hydrogen) atoms. The SMILES string of the molecule is C#CCC(C#CC)O[Si]. The average molecular weight is 135 g/mol. The zero-order valence-corrected chi connectivity index (χ0v) is 6.27. The molecule has 0 saturated carbocycles. The third-order valence-electron chi connectivity index (χ3n) is 0.751. The molecule has 0 heterocycles. The molecule has 0 spiro atoms. The Morgan fingerprint density at radius 1 is 1.78 bits per heavy atom. The van der Waals surface area contributed by atoms with Crippen LogP contribution in [0.15, 0.2) is 0 Å². The third-order valence-corrected chi connectivity index (χ3v) is 1.04. The highest BCUT2D eigenvalue weighted by Gasteiger charge is 1.96. The Hall–Kier alpha value is -0.703. The summed E-state index contributed by atoms with van der Waals surface area (Å²) in [6.07, 6.45) is 5.36. The quantitative estimate of drug-likeness (QED) is 0.396. The fraction of sp³-hybridized carbons (Fsp3) is 0.429. The molecule has 0 aromatic heterocycles. The Labute approximate surface area is 59.3 Å². The summed E-state index contributed by atoms with van der Waals surface area (Å²) in [5, 5.41) is 0. The molecular weight excluding hydrogens is 128 g/mol. The standard InChI is InChI=1S/C7H7OSi/c1-3-5-7(8-9)6-4-2/h1,7H,5H2,2H3. The van der Waals surface area contributed by atoms with Crippen molar-refractivity contribution in [2.24, 2.45) is 0 Å². The molecule has 0 bridgehead atoms. The van der Waals surface area contributed by atoms with Gasteiger partial charge in [0.25, 0.3) is 0 Å². The molecule has 0 aliphatic heterocycles. The van der Waals surface area contributed by atoms with Gasteiger partial charge >= 0.3 is 0 Å². The second-order valence-corrected chi connectivity index (χ2v) is 1.64. The Morgan fingerprint density at radius 3 is 2.78 bits per heavy atom. The lowest BCUT2D eigenvalue weighted by molar-refractivity contribution is 0.291. The number of hydrogen-bond acceptors (Lipinski definition) is 1. The van der Waals surface area contributed by atoms with Crippen molar-refractivity contribution in [3.05, 3.63) is 0 Å². The van der Waals surface area contributed by atoms with Gasteiger partial charge in [-0.1, -0.05) is 5.92 Å². The average Bonchev–Trinajstić information content (AvgIpc) is 1.88. The zero-order chi connectivity index (χ0) is 7.11. The van der Waals surface area contributed by atoms with Crippen molar-refractivity contribution in [1.82, 2.24) is 0 Å². The molecule has 0 aliphatic rings. The molecule has 0 fully saturated rings. The molecule has 1 nitrogen and oxygen atoms in total. The summed E-state index contributed by atoms with van der Waals surface area (Å²) in [6, 6.07) is 0. The first-order valence-corrected chi connectivity index (χ1v) is 2.94. The molecule has 2 heteroatoms. The lowest BCUT2D eigenvalue weighted by Crippen LogP contribution is -2.06. The molecular formula is C7H7OSi. The van der Waals surface area contributed by atoms with Crippen molar-refractivity contribution in [2.75, 3.05) is 0 Å². The van der Waals surface area contributed by atoms with Gasteiger partial charge in [0.05, 0.1) is 0 Å². The summed E-state index contributed by atoms with van der Waals surface area (Å²) in [5.41, 5.74) is 0. The Morgan fingerprint density at radius 2 is 2.44 bits per heavy atom. The molecule has 45 valence electrons. The number of hydrogen-bond donors (Lipinski definition) is 0. The first-order chi connectivity index (χ1) is 4.35. The Bertz CT molecular complexity index is 158. The van der Waals surface area contributed by atoms with Crippen molar-refractivity contribution in [3.63, 3.8) is 0 Å². The maximum absolute atomic E-state index is 5.02. The lowest BCUT2D eigenvalue weighted by atomic mass is 10.3. The third kappa shape index (κ3) is 3.85. The van der Waals surface area contributed by atoms with Crippen molar-refractivity contribution in [2.45, 2.75) is 19.4 Å². The van der Waals surface area contributed by atoms with E-state index in [2.05, 4.69) is 28.2 Å². The summed E-state index contributed by atoms with van der Waals surface area (Å²) in [4.78, 5) is 0. The van der Waals surface area contributed by atoms with Crippen LogP contribution in [0.3, 0.4) is 0 Å².